The highest BCUT2D eigenvalue weighted by Crippen LogP contribution is 2.32. The fraction of sp³-hybridized carbons (Fsp3) is 0.650. The number of hydrogen-bond donors (Lipinski definition) is 0. The second-order valence-electron chi connectivity index (χ2n) is 7.01. The van der Waals surface area contributed by atoms with Crippen molar-refractivity contribution in [2.24, 2.45) is 0 Å². The van der Waals surface area contributed by atoms with E-state index in [1.807, 2.05) is 23.1 Å². The third-order valence-electron chi connectivity index (χ3n) is 5.04. The minimum Gasteiger partial charge on any atom is -0.454 e. The number of likely N-dealkylation sites (tertiary alicyclic amines) is 1. The summed E-state index contributed by atoms with van der Waals surface area (Å²) in [5, 5.41) is 0. The topological polar surface area (TPSA) is 42.0 Å². The van der Waals surface area contributed by atoms with Crippen LogP contribution in [-0.4, -0.2) is 48.7 Å². The van der Waals surface area contributed by atoms with E-state index in [1.54, 1.807) is 0 Å². The second-order valence-corrected chi connectivity index (χ2v) is 7.01. The Labute approximate surface area is 150 Å². The summed E-state index contributed by atoms with van der Waals surface area (Å²) in [6.45, 7) is 7.10. The van der Waals surface area contributed by atoms with Gasteiger partial charge in [-0.2, -0.15) is 0 Å². The van der Waals surface area contributed by atoms with Crippen LogP contribution in [-0.2, 0) is 11.3 Å². The van der Waals surface area contributed by atoms with Crippen LogP contribution < -0.4 is 9.47 Å². The van der Waals surface area contributed by atoms with Gasteiger partial charge in [-0.25, -0.2) is 0 Å². The molecule has 0 spiro atoms. The Kier molecular flexibility index (Phi) is 6.56. The molecule has 1 aromatic rings. The molecule has 0 atom stereocenters. The second kappa shape index (κ2) is 9.09. The molecule has 1 amide bonds. The van der Waals surface area contributed by atoms with Gasteiger partial charge in [0.1, 0.15) is 0 Å². The van der Waals surface area contributed by atoms with E-state index in [2.05, 4.69) is 11.8 Å². The maximum atomic E-state index is 12.8. The van der Waals surface area contributed by atoms with Gasteiger partial charge >= 0.3 is 0 Å². The first kappa shape index (κ1) is 18.1. The van der Waals surface area contributed by atoms with Crippen molar-refractivity contribution in [3.8, 4) is 11.5 Å². The average Bonchev–Trinajstić information content (AvgIpc) is 3.11. The number of fused-ring (bicyclic) bond motifs is 1. The van der Waals surface area contributed by atoms with Crippen LogP contribution in [0.3, 0.4) is 0 Å². The van der Waals surface area contributed by atoms with Gasteiger partial charge in [-0.15, -0.1) is 0 Å². The smallest absolute Gasteiger partial charge is 0.231 e. The van der Waals surface area contributed by atoms with E-state index in [0.717, 1.165) is 56.1 Å². The molecule has 138 valence electrons. The van der Waals surface area contributed by atoms with Crippen molar-refractivity contribution in [2.75, 3.05) is 33.0 Å². The quantitative estimate of drug-likeness (QED) is 0.723. The van der Waals surface area contributed by atoms with Crippen molar-refractivity contribution in [1.82, 2.24) is 9.80 Å². The standard InChI is InChI=1S/C20H30N2O3/c1-2-3-12-22(20(23)9-13-21-10-5-4-6-11-21)15-17-7-8-18-19(14-17)25-16-24-18/h7-8,14H,2-6,9-13,15-16H2,1H3. The SMILES string of the molecule is CCCCN(Cc1ccc2c(c1)OCO2)C(=O)CCN1CCCCC1. The van der Waals surface area contributed by atoms with Crippen LogP contribution in [0.5, 0.6) is 11.5 Å². The third kappa shape index (κ3) is 5.11. The van der Waals surface area contributed by atoms with E-state index < -0.39 is 0 Å². The molecule has 0 N–H and O–H groups in total. The number of amides is 1. The van der Waals surface area contributed by atoms with E-state index in [4.69, 9.17) is 9.47 Å². The summed E-state index contributed by atoms with van der Waals surface area (Å²) in [5.74, 6) is 1.84. The van der Waals surface area contributed by atoms with Gasteiger partial charge in [0.05, 0.1) is 0 Å². The summed E-state index contributed by atoms with van der Waals surface area (Å²) in [5.41, 5.74) is 1.10. The Hall–Kier alpha value is -1.75. The minimum atomic E-state index is 0.261. The Bertz CT molecular complexity index is 570. The van der Waals surface area contributed by atoms with Crippen LogP contribution in [0.1, 0.15) is 51.0 Å². The molecule has 1 saturated heterocycles. The van der Waals surface area contributed by atoms with Gasteiger partial charge in [-0.1, -0.05) is 25.8 Å². The van der Waals surface area contributed by atoms with E-state index in [0.29, 0.717) is 13.0 Å². The molecule has 1 aromatic carbocycles. The van der Waals surface area contributed by atoms with Crippen molar-refractivity contribution in [2.45, 2.75) is 52.0 Å². The molecule has 0 aliphatic carbocycles. The van der Waals surface area contributed by atoms with Gasteiger partial charge < -0.3 is 19.3 Å². The summed E-state index contributed by atoms with van der Waals surface area (Å²) >= 11 is 0. The number of carbonyl (C=O) groups is 1. The number of ether oxygens (including phenoxy) is 2. The van der Waals surface area contributed by atoms with E-state index >= 15 is 0 Å². The Balaban J connectivity index is 1.57. The molecular weight excluding hydrogens is 316 g/mol. The number of benzene rings is 1. The Morgan fingerprint density at radius 2 is 1.96 bits per heavy atom. The predicted octanol–water partition coefficient (Wildman–Crippen LogP) is 3.42. The van der Waals surface area contributed by atoms with Crippen LogP contribution in [0, 0.1) is 0 Å². The molecule has 0 saturated carbocycles. The molecule has 0 aromatic heterocycles. The number of nitrogens with zero attached hydrogens (tertiary/aromatic N) is 2. The average molecular weight is 346 g/mol. The summed E-state index contributed by atoms with van der Waals surface area (Å²) in [4.78, 5) is 17.2. The van der Waals surface area contributed by atoms with Crippen LogP contribution in [0.15, 0.2) is 18.2 Å². The molecule has 0 unspecified atom stereocenters. The summed E-state index contributed by atoms with van der Waals surface area (Å²) < 4.78 is 10.8. The van der Waals surface area contributed by atoms with Crippen LogP contribution in [0.4, 0.5) is 0 Å². The predicted molar refractivity (Wildman–Crippen MR) is 97.8 cm³/mol. The maximum absolute atomic E-state index is 12.8. The Morgan fingerprint density at radius 3 is 2.76 bits per heavy atom. The number of unbranched alkanes of at least 4 members (excludes halogenated alkanes) is 1. The first-order valence-corrected chi connectivity index (χ1v) is 9.65. The highest BCUT2D eigenvalue weighted by molar-refractivity contribution is 5.76. The van der Waals surface area contributed by atoms with Gasteiger partial charge in [0.2, 0.25) is 12.7 Å². The van der Waals surface area contributed by atoms with E-state index in [-0.39, 0.29) is 12.7 Å². The van der Waals surface area contributed by atoms with Gasteiger partial charge in [-0.3, -0.25) is 4.79 Å². The van der Waals surface area contributed by atoms with Gasteiger partial charge in [-0.05, 0) is 50.0 Å². The lowest BCUT2D eigenvalue weighted by Crippen LogP contribution is -2.36. The number of rotatable bonds is 8. The van der Waals surface area contributed by atoms with Crippen molar-refractivity contribution in [1.29, 1.82) is 0 Å². The first-order chi connectivity index (χ1) is 12.3. The lowest BCUT2D eigenvalue weighted by molar-refractivity contribution is -0.132. The van der Waals surface area contributed by atoms with Crippen molar-refractivity contribution >= 4 is 5.91 Å². The van der Waals surface area contributed by atoms with Crippen molar-refractivity contribution < 1.29 is 14.3 Å². The molecule has 5 nitrogen and oxygen atoms in total. The van der Waals surface area contributed by atoms with Crippen molar-refractivity contribution in [3.63, 3.8) is 0 Å². The fourth-order valence-corrected chi connectivity index (χ4v) is 3.50. The summed E-state index contributed by atoms with van der Waals surface area (Å²) in [7, 11) is 0. The molecule has 1 fully saturated rings. The zero-order valence-corrected chi connectivity index (χ0v) is 15.3. The summed E-state index contributed by atoms with van der Waals surface area (Å²) in [6.07, 6.45) is 6.62. The monoisotopic (exact) mass is 346 g/mol. The molecule has 5 heteroatoms. The highest BCUT2D eigenvalue weighted by Gasteiger charge is 2.18. The van der Waals surface area contributed by atoms with Gasteiger partial charge in [0, 0.05) is 26.1 Å². The molecule has 0 radical (unpaired) electrons. The molecule has 0 bridgehead atoms. The van der Waals surface area contributed by atoms with Crippen LogP contribution >= 0.6 is 0 Å². The van der Waals surface area contributed by atoms with Gasteiger partial charge in [0.15, 0.2) is 11.5 Å². The van der Waals surface area contributed by atoms with Crippen LogP contribution in [0.2, 0.25) is 0 Å². The lowest BCUT2D eigenvalue weighted by atomic mass is 10.1. The molecule has 2 aliphatic rings. The number of piperidine rings is 1. The molecule has 2 heterocycles. The zero-order chi connectivity index (χ0) is 17.5. The fourth-order valence-electron chi connectivity index (χ4n) is 3.50. The van der Waals surface area contributed by atoms with Crippen molar-refractivity contribution in [3.05, 3.63) is 23.8 Å². The molecule has 25 heavy (non-hydrogen) atoms. The van der Waals surface area contributed by atoms with E-state index in [1.165, 1.54) is 19.3 Å². The number of hydrogen-bond acceptors (Lipinski definition) is 4. The lowest BCUT2D eigenvalue weighted by Gasteiger charge is -2.28. The Morgan fingerprint density at radius 1 is 1.16 bits per heavy atom. The zero-order valence-electron chi connectivity index (χ0n) is 15.3. The normalized spacial score (nSPS) is 16.8. The van der Waals surface area contributed by atoms with Crippen LogP contribution in [0.25, 0.3) is 0 Å². The molecule has 2 aliphatic heterocycles. The van der Waals surface area contributed by atoms with E-state index in [9.17, 15) is 4.79 Å². The minimum absolute atomic E-state index is 0.261. The molecular formula is C20H30N2O3. The third-order valence-corrected chi connectivity index (χ3v) is 5.04. The maximum Gasteiger partial charge on any atom is 0.231 e. The number of carbonyl (C=O) groups excluding carboxylic acids is 1. The highest BCUT2D eigenvalue weighted by atomic mass is 16.7. The molecule has 3 rings (SSSR count). The van der Waals surface area contributed by atoms with Gasteiger partial charge in [0.25, 0.3) is 0 Å². The first-order valence-electron chi connectivity index (χ1n) is 9.65. The largest absolute Gasteiger partial charge is 0.454 e. The summed E-state index contributed by atoms with van der Waals surface area (Å²) in [6, 6.07) is 5.97.